The van der Waals surface area contributed by atoms with Crippen molar-refractivity contribution in [2.75, 3.05) is 44.4 Å². The minimum Gasteiger partial charge on any atom is -0.490 e. The molecule has 1 amide bonds. The van der Waals surface area contributed by atoms with Crippen LogP contribution in [0.25, 0.3) is 0 Å². The molecule has 156 valence electrons. The molecule has 0 fully saturated rings. The smallest absolute Gasteiger partial charge is 0.410 e. The fourth-order valence-corrected chi connectivity index (χ4v) is 4.15. The molecule has 3 rings (SSSR count). The van der Waals surface area contributed by atoms with E-state index in [4.69, 9.17) is 9.47 Å². The first kappa shape index (κ1) is 20.7. The van der Waals surface area contributed by atoms with Crippen molar-refractivity contribution in [3.8, 4) is 5.75 Å². The fourth-order valence-electron chi connectivity index (χ4n) is 4.15. The van der Waals surface area contributed by atoms with Gasteiger partial charge in [-0.2, -0.15) is 0 Å². The van der Waals surface area contributed by atoms with Crippen LogP contribution in [0.5, 0.6) is 5.75 Å². The van der Waals surface area contributed by atoms with E-state index in [0.29, 0.717) is 32.7 Å². The molecule has 1 aromatic carbocycles. The van der Waals surface area contributed by atoms with Crippen molar-refractivity contribution in [2.24, 2.45) is 0 Å². The van der Waals surface area contributed by atoms with Crippen molar-refractivity contribution in [3.05, 3.63) is 22.8 Å². The Labute approximate surface area is 167 Å². The standard InChI is InChI=1S/C22H33FN2O3/c1-5-17-18-8-12-25(21(26)28-22(2,3)4)11-7-16(18)15-19-20(17)24(10-6-9-23)13-14-27-19/h15H,5-14H2,1-4H3. The first-order valence-electron chi connectivity index (χ1n) is 10.4. The molecule has 2 aliphatic rings. The summed E-state index contributed by atoms with van der Waals surface area (Å²) >= 11 is 0. The number of ether oxygens (including phenoxy) is 2. The Hall–Kier alpha value is -1.98. The van der Waals surface area contributed by atoms with Crippen LogP contribution in [-0.2, 0) is 24.0 Å². The van der Waals surface area contributed by atoms with E-state index in [1.165, 1.54) is 16.7 Å². The Morgan fingerprint density at radius 3 is 2.68 bits per heavy atom. The topological polar surface area (TPSA) is 42.0 Å². The second-order valence-electron chi connectivity index (χ2n) is 8.54. The number of halogens is 1. The third kappa shape index (κ3) is 4.53. The van der Waals surface area contributed by atoms with E-state index >= 15 is 0 Å². The van der Waals surface area contributed by atoms with Gasteiger partial charge in [-0.05, 0) is 69.2 Å². The van der Waals surface area contributed by atoms with Crippen LogP contribution in [-0.4, -0.2) is 56.1 Å². The monoisotopic (exact) mass is 392 g/mol. The van der Waals surface area contributed by atoms with Gasteiger partial charge in [0.05, 0.1) is 18.9 Å². The summed E-state index contributed by atoms with van der Waals surface area (Å²) in [7, 11) is 0. The zero-order valence-corrected chi connectivity index (χ0v) is 17.6. The van der Waals surface area contributed by atoms with Crippen molar-refractivity contribution < 1.29 is 18.7 Å². The molecule has 28 heavy (non-hydrogen) atoms. The van der Waals surface area contributed by atoms with Crippen molar-refractivity contribution in [1.82, 2.24) is 4.90 Å². The zero-order valence-electron chi connectivity index (χ0n) is 17.6. The predicted octanol–water partition coefficient (Wildman–Crippen LogP) is 4.14. The van der Waals surface area contributed by atoms with Crippen molar-refractivity contribution in [1.29, 1.82) is 0 Å². The van der Waals surface area contributed by atoms with Crippen LogP contribution >= 0.6 is 0 Å². The van der Waals surface area contributed by atoms with Crippen molar-refractivity contribution in [2.45, 2.75) is 59.0 Å². The van der Waals surface area contributed by atoms with Gasteiger partial charge >= 0.3 is 6.09 Å². The van der Waals surface area contributed by atoms with Crippen LogP contribution in [0, 0.1) is 0 Å². The Kier molecular flexibility index (Phi) is 6.36. The molecule has 0 aromatic heterocycles. The number of rotatable bonds is 4. The lowest BCUT2D eigenvalue weighted by atomic mass is 9.92. The molecule has 5 nitrogen and oxygen atoms in total. The summed E-state index contributed by atoms with van der Waals surface area (Å²) in [5.41, 5.74) is 4.51. The summed E-state index contributed by atoms with van der Waals surface area (Å²) in [6.45, 7) is 11.0. The number of hydrogen-bond acceptors (Lipinski definition) is 4. The van der Waals surface area contributed by atoms with Gasteiger partial charge in [-0.15, -0.1) is 0 Å². The third-order valence-electron chi connectivity index (χ3n) is 5.36. The molecular formula is C22H33FN2O3. The Morgan fingerprint density at radius 2 is 2.00 bits per heavy atom. The Balaban J connectivity index is 1.87. The molecule has 0 aliphatic carbocycles. The van der Waals surface area contributed by atoms with Gasteiger partial charge in [-0.1, -0.05) is 6.92 Å². The lowest BCUT2D eigenvalue weighted by Gasteiger charge is -2.34. The largest absolute Gasteiger partial charge is 0.490 e. The maximum absolute atomic E-state index is 12.8. The number of hydrogen-bond donors (Lipinski definition) is 0. The molecule has 0 N–H and O–H groups in total. The molecule has 0 radical (unpaired) electrons. The lowest BCUT2D eigenvalue weighted by molar-refractivity contribution is 0.0258. The average molecular weight is 393 g/mol. The van der Waals surface area contributed by atoms with E-state index in [2.05, 4.69) is 17.9 Å². The number of anilines is 1. The molecule has 6 heteroatoms. The summed E-state index contributed by atoms with van der Waals surface area (Å²) in [6.07, 6.45) is 2.79. The van der Waals surface area contributed by atoms with Crippen LogP contribution in [0.15, 0.2) is 6.07 Å². The zero-order chi connectivity index (χ0) is 20.3. The summed E-state index contributed by atoms with van der Waals surface area (Å²) in [4.78, 5) is 16.6. The fraction of sp³-hybridized carbons (Fsp3) is 0.682. The van der Waals surface area contributed by atoms with E-state index in [9.17, 15) is 9.18 Å². The van der Waals surface area contributed by atoms with Crippen LogP contribution in [0.4, 0.5) is 14.9 Å². The molecule has 0 saturated carbocycles. The van der Waals surface area contributed by atoms with E-state index in [1.54, 1.807) is 0 Å². The molecule has 1 aromatic rings. The second kappa shape index (κ2) is 8.58. The summed E-state index contributed by atoms with van der Waals surface area (Å²) in [5, 5.41) is 0. The molecule has 2 heterocycles. The van der Waals surface area contributed by atoms with Crippen LogP contribution < -0.4 is 9.64 Å². The molecule has 0 bridgehead atoms. The second-order valence-corrected chi connectivity index (χ2v) is 8.54. The van der Waals surface area contributed by atoms with Gasteiger partial charge < -0.3 is 19.3 Å². The Bertz CT molecular complexity index is 715. The van der Waals surface area contributed by atoms with E-state index in [1.807, 2.05) is 25.7 Å². The van der Waals surface area contributed by atoms with Gasteiger partial charge in [0.15, 0.2) is 0 Å². The maximum Gasteiger partial charge on any atom is 0.410 e. The first-order valence-corrected chi connectivity index (χ1v) is 10.4. The van der Waals surface area contributed by atoms with Crippen LogP contribution in [0.1, 0.15) is 50.8 Å². The van der Waals surface area contributed by atoms with Gasteiger partial charge in [-0.25, -0.2) is 4.79 Å². The van der Waals surface area contributed by atoms with E-state index in [0.717, 1.165) is 37.2 Å². The van der Waals surface area contributed by atoms with Crippen molar-refractivity contribution >= 4 is 11.8 Å². The number of fused-ring (bicyclic) bond motifs is 2. The molecule has 0 unspecified atom stereocenters. The number of alkyl halides is 1. The van der Waals surface area contributed by atoms with Crippen LogP contribution in [0.3, 0.4) is 0 Å². The number of carbonyl (C=O) groups is 1. The summed E-state index contributed by atoms with van der Waals surface area (Å²) < 4.78 is 24.3. The van der Waals surface area contributed by atoms with E-state index < -0.39 is 5.60 Å². The number of carbonyl (C=O) groups excluding carboxylic acids is 1. The van der Waals surface area contributed by atoms with Gasteiger partial charge in [0.2, 0.25) is 0 Å². The van der Waals surface area contributed by atoms with Gasteiger partial charge in [0.1, 0.15) is 18.0 Å². The average Bonchev–Trinajstić information content (AvgIpc) is 2.85. The minimum absolute atomic E-state index is 0.246. The lowest BCUT2D eigenvalue weighted by Crippen LogP contribution is -2.38. The highest BCUT2D eigenvalue weighted by molar-refractivity contribution is 5.71. The maximum atomic E-state index is 12.8. The van der Waals surface area contributed by atoms with E-state index in [-0.39, 0.29) is 12.8 Å². The molecule has 0 atom stereocenters. The summed E-state index contributed by atoms with van der Waals surface area (Å²) in [6, 6.07) is 2.14. The quantitative estimate of drug-likeness (QED) is 0.772. The van der Waals surface area contributed by atoms with Gasteiger partial charge in [-0.3, -0.25) is 4.39 Å². The minimum atomic E-state index is -0.491. The highest BCUT2D eigenvalue weighted by Gasteiger charge is 2.29. The number of benzene rings is 1. The number of nitrogens with zero attached hydrogens (tertiary/aromatic N) is 2. The molecular weight excluding hydrogens is 359 g/mol. The summed E-state index contributed by atoms with van der Waals surface area (Å²) in [5.74, 6) is 0.909. The van der Waals surface area contributed by atoms with Crippen LogP contribution in [0.2, 0.25) is 0 Å². The Morgan fingerprint density at radius 1 is 1.25 bits per heavy atom. The van der Waals surface area contributed by atoms with Crippen molar-refractivity contribution in [3.63, 3.8) is 0 Å². The third-order valence-corrected chi connectivity index (χ3v) is 5.36. The van der Waals surface area contributed by atoms with Gasteiger partial charge in [0, 0.05) is 19.6 Å². The SMILES string of the molecule is CCc1c2c(cc3c1N(CCCF)CCO3)CCN(C(=O)OC(C)(C)C)CC2. The molecule has 0 saturated heterocycles. The highest BCUT2D eigenvalue weighted by Crippen LogP contribution is 2.40. The predicted molar refractivity (Wildman–Crippen MR) is 109 cm³/mol. The highest BCUT2D eigenvalue weighted by atomic mass is 19.1. The first-order chi connectivity index (χ1) is 13.3. The van der Waals surface area contributed by atoms with Gasteiger partial charge in [0.25, 0.3) is 0 Å². The normalized spacial score (nSPS) is 16.8. The molecule has 2 aliphatic heterocycles. The molecule has 0 spiro atoms. The number of amides is 1.